The summed E-state index contributed by atoms with van der Waals surface area (Å²) in [4.78, 5) is 4.23. The van der Waals surface area contributed by atoms with Gasteiger partial charge in [0.25, 0.3) is 0 Å². The van der Waals surface area contributed by atoms with E-state index < -0.39 is 0 Å². The Morgan fingerprint density at radius 3 is 2.81 bits per heavy atom. The van der Waals surface area contributed by atoms with Gasteiger partial charge in [0.05, 0.1) is 5.69 Å². The van der Waals surface area contributed by atoms with Crippen molar-refractivity contribution in [3.8, 4) is 5.75 Å². The Hall–Kier alpha value is -0.870. The molecule has 4 heteroatoms. The molecule has 16 heavy (non-hydrogen) atoms. The summed E-state index contributed by atoms with van der Waals surface area (Å²) < 4.78 is 0. The molecular formula is C12H15NOS2. The second kappa shape index (κ2) is 6.66. The SMILES string of the molecule is C=CCSSCc1ncc(C=C)c(C)c1O. The van der Waals surface area contributed by atoms with E-state index in [1.807, 2.05) is 13.0 Å². The molecule has 0 aliphatic heterocycles. The van der Waals surface area contributed by atoms with Crippen LogP contribution in [0.15, 0.2) is 25.4 Å². The lowest BCUT2D eigenvalue weighted by Crippen LogP contribution is -1.92. The second-order valence-electron chi connectivity index (χ2n) is 3.17. The Bertz CT molecular complexity index is 391. The van der Waals surface area contributed by atoms with Crippen LogP contribution in [-0.4, -0.2) is 15.8 Å². The molecule has 0 bridgehead atoms. The van der Waals surface area contributed by atoms with Gasteiger partial charge in [0.1, 0.15) is 5.75 Å². The molecule has 1 aromatic heterocycles. The summed E-state index contributed by atoms with van der Waals surface area (Å²) in [7, 11) is 3.36. The van der Waals surface area contributed by atoms with Crippen molar-refractivity contribution in [3.63, 3.8) is 0 Å². The summed E-state index contributed by atoms with van der Waals surface area (Å²) in [6, 6.07) is 0. The van der Waals surface area contributed by atoms with Crippen LogP contribution in [0.4, 0.5) is 0 Å². The molecule has 0 fully saturated rings. The van der Waals surface area contributed by atoms with Gasteiger partial charge in [0, 0.05) is 23.3 Å². The highest BCUT2D eigenvalue weighted by atomic mass is 33.1. The maximum Gasteiger partial charge on any atom is 0.141 e. The van der Waals surface area contributed by atoms with Crippen LogP contribution in [0.2, 0.25) is 0 Å². The fourth-order valence-corrected chi connectivity index (χ4v) is 2.92. The second-order valence-corrected chi connectivity index (χ2v) is 5.68. The van der Waals surface area contributed by atoms with E-state index in [1.165, 1.54) is 0 Å². The molecule has 1 N–H and O–H groups in total. The maximum absolute atomic E-state index is 9.91. The zero-order chi connectivity index (χ0) is 12.0. The number of pyridine rings is 1. The third kappa shape index (κ3) is 3.32. The quantitative estimate of drug-likeness (QED) is 0.475. The molecule has 0 saturated heterocycles. The third-order valence-corrected chi connectivity index (χ3v) is 4.30. The molecule has 0 atom stereocenters. The standard InChI is InChI=1S/C12H15NOS2/c1-4-6-15-16-8-11-12(14)9(3)10(5-2)7-13-11/h4-5,7,14H,1-2,6,8H2,3H3. The predicted molar refractivity (Wildman–Crippen MR) is 74.7 cm³/mol. The minimum Gasteiger partial charge on any atom is -0.506 e. The van der Waals surface area contributed by atoms with Crippen molar-refractivity contribution in [2.45, 2.75) is 12.7 Å². The highest BCUT2D eigenvalue weighted by Gasteiger charge is 2.08. The van der Waals surface area contributed by atoms with Crippen molar-refractivity contribution >= 4 is 27.7 Å². The monoisotopic (exact) mass is 253 g/mol. The van der Waals surface area contributed by atoms with Crippen molar-refractivity contribution in [3.05, 3.63) is 42.3 Å². The van der Waals surface area contributed by atoms with E-state index in [4.69, 9.17) is 0 Å². The Morgan fingerprint density at radius 2 is 2.19 bits per heavy atom. The Balaban J connectivity index is 2.70. The van der Waals surface area contributed by atoms with E-state index in [2.05, 4.69) is 18.1 Å². The average molecular weight is 253 g/mol. The van der Waals surface area contributed by atoms with Crippen LogP contribution >= 0.6 is 21.6 Å². The van der Waals surface area contributed by atoms with Crippen LogP contribution in [0.3, 0.4) is 0 Å². The minimum atomic E-state index is 0.282. The third-order valence-electron chi connectivity index (χ3n) is 2.11. The van der Waals surface area contributed by atoms with E-state index in [0.717, 1.165) is 22.6 Å². The summed E-state index contributed by atoms with van der Waals surface area (Å²) in [5, 5.41) is 9.91. The summed E-state index contributed by atoms with van der Waals surface area (Å²) in [6.45, 7) is 9.20. The number of rotatable bonds is 6. The zero-order valence-corrected chi connectivity index (χ0v) is 10.9. The molecule has 0 aliphatic rings. The molecule has 1 aromatic rings. The van der Waals surface area contributed by atoms with Crippen LogP contribution in [0.1, 0.15) is 16.8 Å². The molecule has 0 saturated carbocycles. The van der Waals surface area contributed by atoms with E-state index in [0.29, 0.717) is 5.75 Å². The fraction of sp³-hybridized carbons (Fsp3) is 0.250. The summed E-state index contributed by atoms with van der Waals surface area (Å²) in [5.41, 5.74) is 2.45. The minimum absolute atomic E-state index is 0.282. The molecule has 0 radical (unpaired) electrons. The van der Waals surface area contributed by atoms with Crippen molar-refractivity contribution < 1.29 is 5.11 Å². The molecule has 86 valence electrons. The van der Waals surface area contributed by atoms with Gasteiger partial charge in [0.15, 0.2) is 0 Å². The Labute approximate surface area is 104 Å². The fourth-order valence-electron chi connectivity index (χ4n) is 1.16. The van der Waals surface area contributed by atoms with Gasteiger partial charge in [-0.3, -0.25) is 4.98 Å². The molecule has 0 unspecified atom stereocenters. The van der Waals surface area contributed by atoms with Gasteiger partial charge in [0.2, 0.25) is 0 Å². The van der Waals surface area contributed by atoms with Crippen LogP contribution in [0.5, 0.6) is 5.75 Å². The van der Waals surface area contributed by atoms with Crippen LogP contribution in [-0.2, 0) is 5.75 Å². The number of nitrogens with zero attached hydrogens (tertiary/aromatic N) is 1. The largest absolute Gasteiger partial charge is 0.506 e. The predicted octanol–water partition coefficient (Wildman–Crippen LogP) is 3.81. The number of hydrogen-bond acceptors (Lipinski definition) is 4. The summed E-state index contributed by atoms with van der Waals surface area (Å²) in [6.07, 6.45) is 5.30. The van der Waals surface area contributed by atoms with Gasteiger partial charge in [-0.1, -0.05) is 40.3 Å². The van der Waals surface area contributed by atoms with Crippen LogP contribution in [0.25, 0.3) is 6.08 Å². The van der Waals surface area contributed by atoms with E-state index in [-0.39, 0.29) is 5.75 Å². The molecule has 0 spiro atoms. The first-order valence-corrected chi connectivity index (χ1v) is 7.34. The van der Waals surface area contributed by atoms with Crippen molar-refractivity contribution in [1.82, 2.24) is 4.98 Å². The molecule has 0 aromatic carbocycles. The zero-order valence-electron chi connectivity index (χ0n) is 9.27. The van der Waals surface area contributed by atoms with Crippen molar-refractivity contribution in [2.75, 3.05) is 5.75 Å². The number of hydrogen-bond donors (Lipinski definition) is 1. The van der Waals surface area contributed by atoms with E-state index >= 15 is 0 Å². The van der Waals surface area contributed by atoms with Gasteiger partial charge in [-0.05, 0) is 12.5 Å². The molecule has 0 aliphatic carbocycles. The molecule has 0 amide bonds. The topological polar surface area (TPSA) is 33.1 Å². The van der Waals surface area contributed by atoms with Crippen molar-refractivity contribution in [1.29, 1.82) is 0 Å². The molecule has 1 rings (SSSR count). The smallest absolute Gasteiger partial charge is 0.141 e. The normalized spacial score (nSPS) is 10.1. The lowest BCUT2D eigenvalue weighted by Gasteiger charge is -2.07. The van der Waals surface area contributed by atoms with Crippen molar-refractivity contribution in [2.24, 2.45) is 0 Å². The molecule has 1 heterocycles. The maximum atomic E-state index is 9.91. The van der Waals surface area contributed by atoms with E-state index in [9.17, 15) is 5.11 Å². The van der Waals surface area contributed by atoms with Gasteiger partial charge < -0.3 is 5.11 Å². The lowest BCUT2D eigenvalue weighted by molar-refractivity contribution is 0.462. The van der Waals surface area contributed by atoms with E-state index in [1.54, 1.807) is 33.9 Å². The van der Waals surface area contributed by atoms with Gasteiger partial charge in [-0.15, -0.1) is 6.58 Å². The highest BCUT2D eigenvalue weighted by Crippen LogP contribution is 2.31. The Kier molecular flexibility index (Phi) is 5.49. The summed E-state index contributed by atoms with van der Waals surface area (Å²) >= 11 is 0. The number of aromatic hydroxyl groups is 1. The summed E-state index contributed by atoms with van der Waals surface area (Å²) in [5.74, 6) is 1.88. The average Bonchev–Trinajstić information content (AvgIpc) is 2.30. The first kappa shape index (κ1) is 13.2. The van der Waals surface area contributed by atoms with Gasteiger partial charge in [-0.25, -0.2) is 0 Å². The molecule has 2 nitrogen and oxygen atoms in total. The molecular weight excluding hydrogens is 238 g/mol. The first-order chi connectivity index (χ1) is 7.70. The lowest BCUT2D eigenvalue weighted by atomic mass is 10.1. The van der Waals surface area contributed by atoms with Gasteiger partial charge >= 0.3 is 0 Å². The van der Waals surface area contributed by atoms with Crippen LogP contribution in [0, 0.1) is 6.92 Å². The first-order valence-electron chi connectivity index (χ1n) is 4.86. The number of aromatic nitrogens is 1. The Morgan fingerprint density at radius 1 is 1.44 bits per heavy atom. The highest BCUT2D eigenvalue weighted by molar-refractivity contribution is 8.76. The van der Waals surface area contributed by atoms with Crippen LogP contribution < -0.4 is 0 Å². The van der Waals surface area contributed by atoms with Gasteiger partial charge in [-0.2, -0.15) is 0 Å².